The van der Waals surface area contributed by atoms with Crippen LogP contribution < -0.4 is 0 Å². The SMILES string of the molecule is C#COC(C)(C)C#C. The van der Waals surface area contributed by atoms with Crippen molar-refractivity contribution in [2.24, 2.45) is 0 Å². The largest absolute Gasteiger partial charge is 0.428 e. The third kappa shape index (κ3) is 2.16. The zero-order valence-corrected chi connectivity index (χ0v) is 5.06. The van der Waals surface area contributed by atoms with Crippen molar-refractivity contribution < 1.29 is 4.74 Å². The third-order valence-electron chi connectivity index (χ3n) is 0.662. The summed E-state index contributed by atoms with van der Waals surface area (Å²) in [6, 6.07) is 0. The van der Waals surface area contributed by atoms with Crippen LogP contribution in [-0.4, -0.2) is 5.60 Å². The van der Waals surface area contributed by atoms with Gasteiger partial charge in [-0.2, -0.15) is 0 Å². The lowest BCUT2D eigenvalue weighted by Gasteiger charge is -2.12. The maximum Gasteiger partial charge on any atom is 0.175 e. The quantitative estimate of drug-likeness (QED) is 0.455. The van der Waals surface area contributed by atoms with Crippen LogP contribution in [0.25, 0.3) is 0 Å². The van der Waals surface area contributed by atoms with Crippen molar-refractivity contribution in [1.82, 2.24) is 0 Å². The fraction of sp³-hybridized carbons (Fsp3) is 0.429. The monoisotopic (exact) mass is 108 g/mol. The molecule has 0 atom stereocenters. The molecule has 0 aliphatic rings. The molecule has 0 aromatic heterocycles. The molecule has 0 saturated carbocycles. The summed E-state index contributed by atoms with van der Waals surface area (Å²) in [5.74, 6) is 2.38. The Morgan fingerprint density at radius 3 is 2.00 bits per heavy atom. The zero-order valence-electron chi connectivity index (χ0n) is 5.06. The van der Waals surface area contributed by atoms with Gasteiger partial charge in [0.05, 0.1) is 0 Å². The number of terminal acetylenes is 2. The van der Waals surface area contributed by atoms with E-state index in [4.69, 9.17) is 12.8 Å². The zero-order chi connectivity index (χ0) is 6.62. The molecule has 42 valence electrons. The average molecular weight is 108 g/mol. The minimum Gasteiger partial charge on any atom is -0.428 e. The normalized spacial score (nSPS) is 9.00. The molecule has 0 aromatic carbocycles. The molecule has 0 spiro atoms. The predicted molar refractivity (Wildman–Crippen MR) is 32.8 cm³/mol. The molecule has 0 rings (SSSR count). The van der Waals surface area contributed by atoms with E-state index in [0.29, 0.717) is 0 Å². The molecule has 0 aliphatic carbocycles. The first-order chi connectivity index (χ1) is 3.62. The van der Waals surface area contributed by atoms with E-state index in [0.717, 1.165) is 0 Å². The maximum absolute atomic E-state index is 5.02. The van der Waals surface area contributed by atoms with Gasteiger partial charge in [-0.1, -0.05) is 12.3 Å². The molecular weight excluding hydrogens is 100 g/mol. The fourth-order valence-electron chi connectivity index (χ4n) is 0.177. The van der Waals surface area contributed by atoms with Gasteiger partial charge in [0.2, 0.25) is 0 Å². The summed E-state index contributed by atoms with van der Waals surface area (Å²) in [6.45, 7) is 3.46. The first-order valence-corrected chi connectivity index (χ1v) is 2.24. The Labute approximate surface area is 50.0 Å². The first-order valence-electron chi connectivity index (χ1n) is 2.24. The Morgan fingerprint density at radius 2 is 1.88 bits per heavy atom. The Morgan fingerprint density at radius 1 is 1.38 bits per heavy atom. The van der Waals surface area contributed by atoms with Crippen molar-refractivity contribution in [2.45, 2.75) is 19.4 Å². The lowest BCUT2D eigenvalue weighted by atomic mass is 10.2. The summed E-state index contributed by atoms with van der Waals surface area (Å²) in [5, 5.41) is 0. The van der Waals surface area contributed by atoms with E-state index in [1.165, 1.54) is 0 Å². The van der Waals surface area contributed by atoms with E-state index in [-0.39, 0.29) is 0 Å². The molecule has 1 heteroatoms. The van der Waals surface area contributed by atoms with Gasteiger partial charge >= 0.3 is 0 Å². The molecule has 0 radical (unpaired) electrons. The van der Waals surface area contributed by atoms with E-state index in [2.05, 4.69) is 10.7 Å². The highest BCUT2D eigenvalue weighted by Gasteiger charge is 2.11. The molecule has 0 aromatic rings. The van der Waals surface area contributed by atoms with Crippen molar-refractivity contribution in [3.05, 3.63) is 0 Å². The van der Waals surface area contributed by atoms with Crippen LogP contribution in [0, 0.1) is 24.9 Å². The highest BCUT2D eigenvalue weighted by atomic mass is 16.5. The fourth-order valence-corrected chi connectivity index (χ4v) is 0.177. The lowest BCUT2D eigenvalue weighted by molar-refractivity contribution is 0.137. The highest BCUT2D eigenvalue weighted by Crippen LogP contribution is 2.03. The van der Waals surface area contributed by atoms with Crippen LogP contribution in [0.3, 0.4) is 0 Å². The Balaban J connectivity index is 3.82. The predicted octanol–water partition coefficient (Wildman–Crippen LogP) is 1.01. The van der Waals surface area contributed by atoms with Crippen LogP contribution in [0.2, 0.25) is 0 Å². The number of rotatable bonds is 1. The van der Waals surface area contributed by atoms with Crippen molar-refractivity contribution >= 4 is 0 Å². The van der Waals surface area contributed by atoms with E-state index >= 15 is 0 Å². The van der Waals surface area contributed by atoms with Gasteiger partial charge in [-0.3, -0.25) is 0 Å². The van der Waals surface area contributed by atoms with Gasteiger partial charge in [0.15, 0.2) is 5.60 Å². The second-order valence-corrected chi connectivity index (χ2v) is 1.87. The number of ether oxygens (including phenoxy) is 1. The van der Waals surface area contributed by atoms with E-state index in [1.54, 1.807) is 13.8 Å². The molecular formula is C7H8O. The van der Waals surface area contributed by atoms with Crippen LogP contribution in [0.5, 0.6) is 0 Å². The van der Waals surface area contributed by atoms with Gasteiger partial charge in [-0.05, 0) is 13.8 Å². The summed E-state index contributed by atoms with van der Waals surface area (Å²) in [7, 11) is 0. The number of hydrogen-bond donors (Lipinski definition) is 0. The van der Waals surface area contributed by atoms with Crippen molar-refractivity contribution in [1.29, 1.82) is 0 Å². The molecule has 1 nitrogen and oxygen atoms in total. The van der Waals surface area contributed by atoms with Crippen LogP contribution in [0.4, 0.5) is 0 Å². The van der Waals surface area contributed by atoms with E-state index in [9.17, 15) is 0 Å². The Kier molecular flexibility index (Phi) is 1.98. The third-order valence-corrected chi connectivity index (χ3v) is 0.662. The van der Waals surface area contributed by atoms with Crippen LogP contribution in [-0.2, 0) is 4.74 Å². The minimum atomic E-state index is -0.616. The average Bonchev–Trinajstić information content (AvgIpc) is 1.67. The second kappa shape index (κ2) is 2.28. The lowest BCUT2D eigenvalue weighted by Crippen LogP contribution is -2.18. The summed E-state index contributed by atoms with van der Waals surface area (Å²) in [4.78, 5) is 0. The summed E-state index contributed by atoms with van der Waals surface area (Å²) in [5.41, 5.74) is -0.616. The maximum atomic E-state index is 5.02. The van der Waals surface area contributed by atoms with Gasteiger partial charge in [-0.25, -0.2) is 0 Å². The van der Waals surface area contributed by atoms with Gasteiger partial charge in [0.1, 0.15) is 6.11 Å². The molecule has 0 bridgehead atoms. The summed E-state index contributed by atoms with van der Waals surface area (Å²) < 4.78 is 4.67. The topological polar surface area (TPSA) is 9.23 Å². The van der Waals surface area contributed by atoms with Crippen molar-refractivity contribution in [3.8, 4) is 24.9 Å². The van der Waals surface area contributed by atoms with Gasteiger partial charge in [-0.15, -0.1) is 6.42 Å². The first kappa shape index (κ1) is 6.92. The molecule has 0 fully saturated rings. The smallest absolute Gasteiger partial charge is 0.175 e. The van der Waals surface area contributed by atoms with E-state index < -0.39 is 5.60 Å². The standard InChI is InChI=1S/C7H8O/c1-5-7(3,4)8-6-2/h1-2H,3-4H3. The van der Waals surface area contributed by atoms with Crippen molar-refractivity contribution in [3.63, 3.8) is 0 Å². The van der Waals surface area contributed by atoms with Gasteiger partial charge < -0.3 is 4.74 Å². The summed E-state index contributed by atoms with van der Waals surface area (Å²) >= 11 is 0. The van der Waals surface area contributed by atoms with Crippen LogP contribution in [0.15, 0.2) is 0 Å². The Hall–Kier alpha value is -1.08. The number of hydrogen-bond acceptors (Lipinski definition) is 1. The minimum absolute atomic E-state index is 0.616. The molecule has 0 heterocycles. The van der Waals surface area contributed by atoms with Crippen LogP contribution >= 0.6 is 0 Å². The molecule has 0 saturated heterocycles. The van der Waals surface area contributed by atoms with Gasteiger partial charge in [0.25, 0.3) is 0 Å². The molecule has 8 heavy (non-hydrogen) atoms. The Bertz CT molecular complexity index is 143. The van der Waals surface area contributed by atoms with E-state index in [1.807, 2.05) is 6.11 Å². The van der Waals surface area contributed by atoms with Crippen molar-refractivity contribution in [2.75, 3.05) is 0 Å². The molecule has 0 amide bonds. The molecule has 0 unspecified atom stereocenters. The molecule has 0 aliphatic heterocycles. The van der Waals surface area contributed by atoms with Crippen LogP contribution in [0.1, 0.15) is 13.8 Å². The second-order valence-electron chi connectivity index (χ2n) is 1.87. The highest BCUT2D eigenvalue weighted by molar-refractivity contribution is 5.04. The summed E-state index contributed by atoms with van der Waals surface area (Å²) in [6.07, 6.45) is 11.9. The molecule has 0 N–H and O–H groups in total. The van der Waals surface area contributed by atoms with Gasteiger partial charge in [0, 0.05) is 0 Å².